The van der Waals surface area contributed by atoms with Crippen LogP contribution in [0.2, 0.25) is 0 Å². The molecule has 0 fully saturated rings. The minimum atomic E-state index is -4.40. The van der Waals surface area contributed by atoms with Gasteiger partial charge in [-0.2, -0.15) is 13.2 Å². The van der Waals surface area contributed by atoms with Crippen molar-refractivity contribution in [1.29, 1.82) is 0 Å². The predicted octanol–water partition coefficient (Wildman–Crippen LogP) is 4.04. The molecule has 6 heteroatoms. The third-order valence-corrected chi connectivity index (χ3v) is 3.58. The van der Waals surface area contributed by atoms with Crippen LogP contribution in [0.1, 0.15) is 31.9 Å². The average Bonchev–Trinajstić information content (AvgIpc) is 2.34. The lowest BCUT2D eigenvalue weighted by Gasteiger charge is -2.19. The maximum Gasteiger partial charge on any atom is 0.416 e. The molecule has 1 aromatic carbocycles. The highest BCUT2D eigenvalue weighted by molar-refractivity contribution is 7.80. The molecule has 1 unspecified atom stereocenters. The Morgan fingerprint density at radius 2 is 1.90 bits per heavy atom. The zero-order valence-corrected chi connectivity index (χ0v) is 12.5. The Morgan fingerprint density at radius 3 is 2.35 bits per heavy atom. The first-order chi connectivity index (χ1) is 9.12. The minimum Gasteiger partial charge on any atom is -0.389 e. The van der Waals surface area contributed by atoms with E-state index in [9.17, 15) is 13.2 Å². The first-order valence-electron chi connectivity index (χ1n) is 6.37. The lowest BCUT2D eigenvalue weighted by molar-refractivity contribution is -0.137. The van der Waals surface area contributed by atoms with Crippen molar-refractivity contribution in [2.45, 2.75) is 26.9 Å². The number of anilines is 1. The number of thiocarbonyl (C=S) groups is 1. The molecule has 3 N–H and O–H groups in total. The largest absolute Gasteiger partial charge is 0.416 e. The summed E-state index contributed by atoms with van der Waals surface area (Å²) in [5.41, 5.74) is 5.54. The Kier molecular flexibility index (Phi) is 5.39. The first kappa shape index (κ1) is 16.8. The molecular weight excluding hydrogens is 285 g/mol. The molecular formula is C14H19F3N2S. The van der Waals surface area contributed by atoms with Crippen molar-refractivity contribution in [2.24, 2.45) is 17.6 Å². The molecule has 20 heavy (non-hydrogen) atoms. The van der Waals surface area contributed by atoms with Gasteiger partial charge in [0.1, 0.15) is 4.99 Å². The monoisotopic (exact) mass is 304 g/mol. The zero-order chi connectivity index (χ0) is 15.5. The summed E-state index contributed by atoms with van der Waals surface area (Å²) < 4.78 is 38.0. The molecule has 2 nitrogen and oxygen atoms in total. The third-order valence-electron chi connectivity index (χ3n) is 3.36. The van der Waals surface area contributed by atoms with Crippen molar-refractivity contribution in [2.75, 3.05) is 11.9 Å². The molecule has 0 saturated heterocycles. The van der Waals surface area contributed by atoms with Crippen LogP contribution in [-0.4, -0.2) is 11.5 Å². The second-order valence-corrected chi connectivity index (χ2v) is 5.66. The van der Waals surface area contributed by atoms with Gasteiger partial charge in [-0.15, -0.1) is 0 Å². The first-order valence-corrected chi connectivity index (χ1v) is 6.78. The maximum absolute atomic E-state index is 12.7. The smallest absolute Gasteiger partial charge is 0.389 e. The summed E-state index contributed by atoms with van der Waals surface area (Å²) in [6.07, 6.45) is -4.40. The third kappa shape index (κ3) is 4.37. The molecule has 0 bridgehead atoms. The van der Waals surface area contributed by atoms with Gasteiger partial charge >= 0.3 is 6.18 Å². The lowest BCUT2D eigenvalue weighted by atomic mass is 9.98. The van der Waals surface area contributed by atoms with E-state index in [1.54, 1.807) is 0 Å². The second-order valence-electron chi connectivity index (χ2n) is 5.22. The Labute approximate surface area is 122 Å². The van der Waals surface area contributed by atoms with Gasteiger partial charge in [-0.1, -0.05) is 33.0 Å². The molecule has 112 valence electrons. The molecule has 0 radical (unpaired) electrons. The molecule has 1 aromatic rings. The van der Waals surface area contributed by atoms with E-state index in [0.717, 1.165) is 12.1 Å². The van der Waals surface area contributed by atoms with Gasteiger partial charge in [0.05, 0.1) is 5.56 Å². The molecule has 0 aliphatic rings. The van der Waals surface area contributed by atoms with Gasteiger partial charge in [0.2, 0.25) is 0 Å². The molecule has 0 aliphatic heterocycles. The molecule has 0 saturated carbocycles. The number of nitrogens with two attached hydrogens (primary N) is 1. The summed E-state index contributed by atoms with van der Waals surface area (Å²) in [5.74, 6) is 0.863. The van der Waals surface area contributed by atoms with Crippen LogP contribution in [0.15, 0.2) is 18.2 Å². The quantitative estimate of drug-likeness (QED) is 0.806. The number of halogens is 3. The van der Waals surface area contributed by atoms with E-state index in [1.807, 2.05) is 0 Å². The van der Waals surface area contributed by atoms with Crippen molar-refractivity contribution in [3.8, 4) is 0 Å². The van der Waals surface area contributed by atoms with Crippen LogP contribution in [0.3, 0.4) is 0 Å². The van der Waals surface area contributed by atoms with Crippen molar-refractivity contribution >= 4 is 22.9 Å². The summed E-state index contributed by atoms with van der Waals surface area (Å²) in [7, 11) is 0. The Morgan fingerprint density at radius 1 is 1.30 bits per heavy atom. The van der Waals surface area contributed by atoms with Gasteiger partial charge in [0.25, 0.3) is 0 Å². The van der Waals surface area contributed by atoms with Crippen molar-refractivity contribution in [1.82, 2.24) is 0 Å². The fourth-order valence-corrected chi connectivity index (χ4v) is 1.75. The standard InChI is InChI=1S/C14H19F3N2S/c1-8(2)9(3)7-19-12-5-4-10(14(15,16)17)6-11(12)13(18)20/h4-6,8-9,19H,7H2,1-3H3,(H2,18,20). The Balaban J connectivity index is 3.00. The Hall–Kier alpha value is -1.30. The van der Waals surface area contributed by atoms with Crippen molar-refractivity contribution in [3.63, 3.8) is 0 Å². The minimum absolute atomic E-state index is 0.0456. The van der Waals surface area contributed by atoms with Crippen LogP contribution in [0.25, 0.3) is 0 Å². The van der Waals surface area contributed by atoms with Gasteiger partial charge in [-0.05, 0) is 30.0 Å². The van der Waals surface area contributed by atoms with Gasteiger partial charge in [0, 0.05) is 17.8 Å². The summed E-state index contributed by atoms with van der Waals surface area (Å²) >= 11 is 4.83. The van der Waals surface area contributed by atoms with Crippen LogP contribution >= 0.6 is 12.2 Å². The van der Waals surface area contributed by atoms with E-state index in [-0.39, 0.29) is 10.6 Å². The SMILES string of the molecule is CC(C)C(C)CNc1ccc(C(F)(F)F)cc1C(N)=S. The van der Waals surface area contributed by atoms with Crippen LogP contribution in [0.4, 0.5) is 18.9 Å². The summed E-state index contributed by atoms with van der Waals surface area (Å²) in [4.78, 5) is -0.0456. The fourth-order valence-electron chi connectivity index (χ4n) is 1.59. The summed E-state index contributed by atoms with van der Waals surface area (Å²) in [6, 6.07) is 3.40. The fraction of sp³-hybridized carbons (Fsp3) is 0.500. The van der Waals surface area contributed by atoms with Crippen LogP contribution in [0, 0.1) is 11.8 Å². The van der Waals surface area contributed by atoms with Crippen LogP contribution in [0.5, 0.6) is 0 Å². The van der Waals surface area contributed by atoms with Gasteiger partial charge < -0.3 is 11.1 Å². The number of alkyl halides is 3. The van der Waals surface area contributed by atoms with E-state index in [2.05, 4.69) is 26.1 Å². The summed E-state index contributed by atoms with van der Waals surface area (Å²) in [5, 5.41) is 3.12. The molecule has 0 amide bonds. The Bertz CT molecular complexity index is 484. The normalized spacial score (nSPS) is 13.3. The molecule has 1 atom stereocenters. The molecule has 0 aliphatic carbocycles. The van der Waals surface area contributed by atoms with E-state index >= 15 is 0 Å². The van der Waals surface area contributed by atoms with Crippen molar-refractivity contribution < 1.29 is 13.2 Å². The molecule has 1 rings (SSSR count). The molecule has 0 spiro atoms. The summed E-state index contributed by atoms with van der Waals surface area (Å²) in [6.45, 7) is 6.90. The van der Waals surface area contributed by atoms with Crippen molar-refractivity contribution in [3.05, 3.63) is 29.3 Å². The molecule has 0 aromatic heterocycles. The topological polar surface area (TPSA) is 38.0 Å². The second kappa shape index (κ2) is 6.43. The number of benzene rings is 1. The lowest BCUT2D eigenvalue weighted by Crippen LogP contribution is -2.20. The van der Waals surface area contributed by atoms with Gasteiger partial charge in [-0.3, -0.25) is 0 Å². The number of hydrogen-bond acceptors (Lipinski definition) is 2. The number of nitrogens with one attached hydrogen (secondary N) is 1. The highest BCUT2D eigenvalue weighted by Crippen LogP contribution is 2.32. The average molecular weight is 304 g/mol. The van der Waals surface area contributed by atoms with Crippen LogP contribution in [-0.2, 0) is 6.18 Å². The molecule has 0 heterocycles. The van der Waals surface area contributed by atoms with E-state index in [1.165, 1.54) is 6.07 Å². The number of rotatable bonds is 5. The zero-order valence-electron chi connectivity index (χ0n) is 11.7. The highest BCUT2D eigenvalue weighted by Gasteiger charge is 2.31. The van der Waals surface area contributed by atoms with E-state index in [0.29, 0.717) is 24.1 Å². The maximum atomic E-state index is 12.7. The van der Waals surface area contributed by atoms with Gasteiger partial charge in [-0.25, -0.2) is 0 Å². The number of hydrogen-bond donors (Lipinski definition) is 2. The van der Waals surface area contributed by atoms with Gasteiger partial charge in [0.15, 0.2) is 0 Å². The van der Waals surface area contributed by atoms with E-state index in [4.69, 9.17) is 18.0 Å². The highest BCUT2D eigenvalue weighted by atomic mass is 32.1. The van der Waals surface area contributed by atoms with Crippen LogP contribution < -0.4 is 11.1 Å². The van der Waals surface area contributed by atoms with E-state index < -0.39 is 11.7 Å². The predicted molar refractivity (Wildman–Crippen MR) is 79.8 cm³/mol.